The van der Waals surface area contributed by atoms with Gasteiger partial charge in [0.1, 0.15) is 0 Å². The first-order chi connectivity index (χ1) is 5.04. The van der Waals surface area contributed by atoms with Crippen molar-refractivity contribution in [1.29, 1.82) is 0 Å². The second-order valence-corrected chi connectivity index (χ2v) is 1.85. The highest BCUT2D eigenvalue weighted by atomic mass is 16.7. The van der Waals surface area contributed by atoms with Gasteiger partial charge in [0.05, 0.1) is 19.1 Å². The predicted octanol–water partition coefficient (Wildman–Crippen LogP) is -0.558. The molecule has 11 heavy (non-hydrogen) atoms. The third-order valence-corrected chi connectivity index (χ3v) is 0.658. The normalized spacial score (nSPS) is 10.9. The number of carboxylic acid groups (broad SMARTS) is 1. The number of carboxylic acids is 1. The van der Waals surface area contributed by atoms with Crippen molar-refractivity contribution in [3.05, 3.63) is 5.21 Å². The van der Waals surface area contributed by atoms with Crippen molar-refractivity contribution in [2.45, 2.75) is 0 Å². The van der Waals surface area contributed by atoms with Gasteiger partial charge in [-0.25, -0.2) is 4.79 Å². The van der Waals surface area contributed by atoms with Gasteiger partial charge in [0.2, 0.25) is 11.9 Å². The molecule has 0 saturated carbocycles. The molecule has 0 aliphatic carbocycles. The second kappa shape index (κ2) is 4.31. The Labute approximate surface area is 63.0 Å². The van der Waals surface area contributed by atoms with Crippen molar-refractivity contribution in [2.24, 2.45) is 5.28 Å². The van der Waals surface area contributed by atoms with E-state index in [9.17, 15) is 10.0 Å². The Morgan fingerprint density at radius 2 is 2.36 bits per heavy atom. The van der Waals surface area contributed by atoms with Crippen molar-refractivity contribution in [3.8, 4) is 0 Å². The maximum absolute atomic E-state index is 10.5. The summed E-state index contributed by atoms with van der Waals surface area (Å²) in [5, 5.41) is 22.5. The largest absolute Gasteiger partial charge is 0.569 e. The molecule has 0 bridgehead atoms. The molecule has 0 heterocycles. The zero-order valence-corrected chi connectivity index (χ0v) is 6.22. The van der Waals surface area contributed by atoms with E-state index in [1.54, 1.807) is 0 Å². The van der Waals surface area contributed by atoms with Gasteiger partial charge < -0.3 is 15.2 Å². The van der Waals surface area contributed by atoms with Gasteiger partial charge in [0.25, 0.3) is 0 Å². The van der Waals surface area contributed by atoms with Gasteiger partial charge in [-0.3, -0.25) is 0 Å². The Bertz CT molecular complexity index is 167. The molecule has 1 N–H and O–H groups in total. The van der Waals surface area contributed by atoms with Crippen LogP contribution in [-0.2, 0) is 9.63 Å². The number of rotatable bonds is 4. The molecular formula is C4H9N3O4. The van der Waals surface area contributed by atoms with E-state index in [0.717, 1.165) is 5.01 Å². The van der Waals surface area contributed by atoms with E-state index < -0.39 is 12.6 Å². The van der Waals surface area contributed by atoms with Crippen LogP contribution in [0.2, 0.25) is 0 Å². The molecule has 0 saturated heterocycles. The molecular weight excluding hydrogens is 154 g/mol. The predicted molar refractivity (Wildman–Crippen MR) is 33.3 cm³/mol. The number of aliphatic carboxylic acids is 1. The van der Waals surface area contributed by atoms with Crippen LogP contribution in [0, 0.1) is 5.21 Å². The third-order valence-electron chi connectivity index (χ3n) is 0.658. The monoisotopic (exact) mass is 163 g/mol. The topological polar surface area (TPSA) is 88.2 Å². The quantitative estimate of drug-likeness (QED) is 0.341. The standard InChI is InChI=1S/C4H9N3O4/c1-6(2)7(10)5-11-3-4(8)9/h3H2,1-2H3,(H,8,9). The average molecular weight is 163 g/mol. The van der Waals surface area contributed by atoms with Crippen molar-refractivity contribution in [2.75, 3.05) is 20.7 Å². The lowest BCUT2D eigenvalue weighted by atomic mass is 10.8. The average Bonchev–Trinajstić information content (AvgIpc) is 1.86. The summed E-state index contributed by atoms with van der Waals surface area (Å²) in [6, 6.07) is 0. The fourth-order valence-electron chi connectivity index (χ4n) is 0.207. The van der Waals surface area contributed by atoms with E-state index in [0.29, 0.717) is 0 Å². The fourth-order valence-corrected chi connectivity index (χ4v) is 0.207. The number of hydrazine groups is 1. The summed E-state index contributed by atoms with van der Waals surface area (Å²) < 4.78 is 0. The Morgan fingerprint density at radius 3 is 2.73 bits per heavy atom. The maximum Gasteiger partial charge on any atom is 0.344 e. The van der Waals surface area contributed by atoms with Crippen LogP contribution in [-0.4, -0.2) is 41.8 Å². The van der Waals surface area contributed by atoms with Crippen LogP contribution < -0.4 is 0 Å². The molecule has 0 fully saturated rings. The molecule has 0 unspecified atom stereocenters. The minimum absolute atomic E-state index is 0.128. The first-order valence-corrected chi connectivity index (χ1v) is 2.73. The summed E-state index contributed by atoms with van der Waals surface area (Å²) in [7, 11) is 2.89. The van der Waals surface area contributed by atoms with Crippen molar-refractivity contribution in [3.63, 3.8) is 0 Å². The van der Waals surface area contributed by atoms with E-state index in [4.69, 9.17) is 5.11 Å². The third kappa shape index (κ3) is 4.94. The minimum atomic E-state index is -1.18. The van der Waals surface area contributed by atoms with Crippen LogP contribution in [0.3, 0.4) is 0 Å². The fraction of sp³-hybridized carbons (Fsp3) is 0.750. The number of hydrogen-bond acceptors (Lipinski definition) is 4. The highest BCUT2D eigenvalue weighted by molar-refractivity contribution is 5.67. The summed E-state index contributed by atoms with van der Waals surface area (Å²) in [5.41, 5.74) is 0. The van der Waals surface area contributed by atoms with E-state index in [1.165, 1.54) is 14.1 Å². The molecule has 0 aliphatic heterocycles. The molecule has 0 aromatic rings. The Kier molecular flexibility index (Phi) is 3.71. The Balaban J connectivity index is 3.65. The number of carbonyl (C=O) groups is 1. The molecule has 0 spiro atoms. The van der Waals surface area contributed by atoms with Gasteiger partial charge in [-0.05, 0) is 0 Å². The van der Waals surface area contributed by atoms with Gasteiger partial charge in [-0.15, -0.1) is 0 Å². The van der Waals surface area contributed by atoms with Crippen LogP contribution in [0.4, 0.5) is 0 Å². The summed E-state index contributed by atoms with van der Waals surface area (Å²) in [6.45, 7) is -0.618. The lowest BCUT2D eigenvalue weighted by Crippen LogP contribution is -2.21. The minimum Gasteiger partial charge on any atom is -0.569 e. The van der Waals surface area contributed by atoms with Crippen LogP contribution >= 0.6 is 0 Å². The molecule has 7 heteroatoms. The molecule has 64 valence electrons. The molecule has 0 aliphatic rings. The van der Waals surface area contributed by atoms with Crippen LogP contribution in [0.15, 0.2) is 5.28 Å². The van der Waals surface area contributed by atoms with E-state index in [1.807, 2.05) is 0 Å². The van der Waals surface area contributed by atoms with Gasteiger partial charge in [-0.1, -0.05) is 0 Å². The molecule has 7 nitrogen and oxygen atoms in total. The van der Waals surface area contributed by atoms with Gasteiger partial charge in [0.15, 0.2) is 0 Å². The highest BCUT2D eigenvalue weighted by Crippen LogP contribution is 1.82. The molecule has 0 amide bonds. The first kappa shape index (κ1) is 9.47. The number of hydrogen-bond donors (Lipinski definition) is 1. The van der Waals surface area contributed by atoms with E-state index >= 15 is 0 Å². The van der Waals surface area contributed by atoms with Gasteiger partial charge in [0, 0.05) is 0 Å². The molecule has 0 atom stereocenters. The van der Waals surface area contributed by atoms with Crippen LogP contribution in [0.25, 0.3) is 0 Å². The Hall–Kier alpha value is -1.53. The van der Waals surface area contributed by atoms with Gasteiger partial charge >= 0.3 is 5.97 Å². The van der Waals surface area contributed by atoms with Crippen molar-refractivity contribution in [1.82, 2.24) is 5.01 Å². The summed E-state index contributed by atoms with van der Waals surface area (Å²) in [4.78, 5) is 14.1. The first-order valence-electron chi connectivity index (χ1n) is 2.73. The Morgan fingerprint density at radius 1 is 1.82 bits per heavy atom. The SMILES string of the molecule is CN(C)[N+]([O-])=NOCC(=O)O. The van der Waals surface area contributed by atoms with Gasteiger partial charge in [-0.2, -0.15) is 5.01 Å². The molecule has 0 aromatic heterocycles. The van der Waals surface area contributed by atoms with E-state index in [2.05, 4.69) is 10.1 Å². The van der Waals surface area contributed by atoms with Crippen molar-refractivity contribution < 1.29 is 19.7 Å². The highest BCUT2D eigenvalue weighted by Gasteiger charge is 2.00. The summed E-state index contributed by atoms with van der Waals surface area (Å²) in [5.74, 6) is -1.18. The number of nitrogens with zero attached hydrogens (tertiary/aromatic N) is 3. The summed E-state index contributed by atoms with van der Waals surface area (Å²) in [6.07, 6.45) is 0. The summed E-state index contributed by atoms with van der Waals surface area (Å²) >= 11 is 0. The molecule has 0 radical (unpaired) electrons. The lowest BCUT2D eigenvalue weighted by molar-refractivity contribution is -0.699. The zero-order valence-electron chi connectivity index (χ0n) is 6.22. The molecule has 0 aromatic carbocycles. The second-order valence-electron chi connectivity index (χ2n) is 1.85. The smallest absolute Gasteiger partial charge is 0.344 e. The molecule has 0 rings (SSSR count). The van der Waals surface area contributed by atoms with E-state index in [-0.39, 0.29) is 4.97 Å². The maximum atomic E-state index is 10.5. The van der Waals surface area contributed by atoms with Crippen LogP contribution in [0.1, 0.15) is 0 Å². The van der Waals surface area contributed by atoms with Crippen molar-refractivity contribution >= 4 is 5.97 Å². The lowest BCUT2D eigenvalue weighted by Gasteiger charge is -2.04. The van der Waals surface area contributed by atoms with Crippen LogP contribution in [0.5, 0.6) is 0 Å². The zero-order chi connectivity index (χ0) is 8.85.